The number of hydrogen-bond donors (Lipinski definition) is 0. The lowest BCUT2D eigenvalue weighted by molar-refractivity contribution is -0.139. The fourth-order valence-corrected chi connectivity index (χ4v) is 6.23. The third-order valence-corrected chi connectivity index (χ3v) is 8.89. The molecule has 16 heteroatoms. The summed E-state index contributed by atoms with van der Waals surface area (Å²) < 4.78 is 76.2. The largest absolute Gasteiger partial charge is 0.472 e. The van der Waals surface area contributed by atoms with Crippen LogP contribution in [-0.4, -0.2) is 53.4 Å². The number of halogens is 5. The molecule has 2 aliphatic rings. The zero-order chi connectivity index (χ0) is 34.7. The van der Waals surface area contributed by atoms with E-state index in [9.17, 15) is 22.4 Å². The van der Waals surface area contributed by atoms with E-state index in [0.717, 1.165) is 24.1 Å². The Bertz CT molecular complexity index is 2100. The zero-order valence-corrected chi connectivity index (χ0v) is 27.6. The number of ether oxygens (including phenoxy) is 2. The number of alkyl halides is 3. The Morgan fingerprint density at radius 3 is 2.57 bits per heavy atom. The fourth-order valence-electron chi connectivity index (χ4n) is 6.07. The van der Waals surface area contributed by atoms with Crippen molar-refractivity contribution in [1.82, 2.24) is 34.1 Å². The first-order valence-electron chi connectivity index (χ1n) is 15.7. The van der Waals surface area contributed by atoms with E-state index in [2.05, 4.69) is 10.1 Å². The Hall–Kier alpha value is -4.34. The van der Waals surface area contributed by atoms with Crippen molar-refractivity contribution in [3.63, 3.8) is 0 Å². The smallest absolute Gasteiger partial charge is 0.442 e. The summed E-state index contributed by atoms with van der Waals surface area (Å²) in [6, 6.07) is 8.58. The van der Waals surface area contributed by atoms with Crippen molar-refractivity contribution >= 4 is 22.8 Å². The number of nitrogens with zero attached hydrogens (tertiary/aromatic N) is 7. The van der Waals surface area contributed by atoms with Crippen LogP contribution in [0, 0.1) is 5.82 Å². The van der Waals surface area contributed by atoms with E-state index in [1.165, 1.54) is 16.7 Å². The highest BCUT2D eigenvalue weighted by atomic mass is 35.5. The molecule has 49 heavy (non-hydrogen) atoms. The van der Waals surface area contributed by atoms with E-state index < -0.39 is 41.3 Å². The molecule has 0 amide bonds. The zero-order valence-electron chi connectivity index (χ0n) is 26.9. The highest BCUT2D eigenvalue weighted by Gasteiger charge is 2.37. The van der Waals surface area contributed by atoms with Crippen LogP contribution in [0.15, 0.2) is 45.7 Å². The van der Waals surface area contributed by atoms with Gasteiger partial charge >= 0.3 is 11.9 Å². The standard InChI is InChI=1S/C33H32ClF4N7O4/c1-32(2,3)45-29(42-49-31(45)46)24-6-7-26-28(39-24)41-27(44(26)14-21-9-11-47-21)16-43-10-8-18-12-22(33(36,37)38)30(40-25(18)15-43)48-17-19-4-5-20(34)13-23(19)35/h4-7,12-13,21H,8-11,14-17H2,1-3H3/t21-/m0/s1. The van der Waals surface area contributed by atoms with Crippen LogP contribution < -0.4 is 10.5 Å². The predicted molar refractivity (Wildman–Crippen MR) is 169 cm³/mol. The molecule has 4 aromatic heterocycles. The summed E-state index contributed by atoms with van der Waals surface area (Å²) in [6.45, 7) is 7.40. The van der Waals surface area contributed by atoms with Gasteiger partial charge in [-0.15, -0.1) is 0 Å². The minimum absolute atomic E-state index is 0.00663. The van der Waals surface area contributed by atoms with Crippen molar-refractivity contribution in [3.05, 3.63) is 86.0 Å². The lowest BCUT2D eigenvalue weighted by Gasteiger charge is -2.30. The summed E-state index contributed by atoms with van der Waals surface area (Å²) in [7, 11) is 0. The van der Waals surface area contributed by atoms with Gasteiger partial charge in [-0.1, -0.05) is 22.8 Å². The molecule has 6 heterocycles. The van der Waals surface area contributed by atoms with E-state index in [0.29, 0.717) is 61.1 Å². The van der Waals surface area contributed by atoms with Crippen molar-refractivity contribution in [3.8, 4) is 17.4 Å². The van der Waals surface area contributed by atoms with Crippen molar-refractivity contribution in [2.24, 2.45) is 0 Å². The van der Waals surface area contributed by atoms with E-state index in [-0.39, 0.29) is 29.1 Å². The topological polar surface area (TPSA) is 113 Å². The highest BCUT2D eigenvalue weighted by Crippen LogP contribution is 2.38. The number of imidazole rings is 1. The Morgan fingerprint density at radius 2 is 1.88 bits per heavy atom. The van der Waals surface area contributed by atoms with Crippen LogP contribution >= 0.6 is 11.6 Å². The first kappa shape index (κ1) is 33.2. The Balaban J connectivity index is 1.18. The number of pyridine rings is 2. The first-order chi connectivity index (χ1) is 23.2. The van der Waals surface area contributed by atoms with Crippen molar-refractivity contribution in [2.45, 2.75) is 77.7 Å². The third kappa shape index (κ3) is 6.66. The second kappa shape index (κ2) is 12.5. The van der Waals surface area contributed by atoms with E-state index >= 15 is 0 Å². The molecule has 1 saturated heterocycles. The molecule has 0 unspecified atom stereocenters. The minimum Gasteiger partial charge on any atom is -0.472 e. The third-order valence-electron chi connectivity index (χ3n) is 8.65. The second-order valence-corrected chi connectivity index (χ2v) is 13.6. The second-order valence-electron chi connectivity index (χ2n) is 13.2. The van der Waals surface area contributed by atoms with E-state index in [4.69, 9.17) is 35.6 Å². The Labute approximate surface area is 282 Å². The summed E-state index contributed by atoms with van der Waals surface area (Å²) in [5.41, 5.74) is 0.961. The summed E-state index contributed by atoms with van der Waals surface area (Å²) in [5, 5.41) is 4.14. The summed E-state index contributed by atoms with van der Waals surface area (Å²) in [4.78, 5) is 28.4. The average Bonchev–Trinajstić information content (AvgIpc) is 3.56. The van der Waals surface area contributed by atoms with Crippen LogP contribution in [0.2, 0.25) is 5.02 Å². The number of hydrogen-bond acceptors (Lipinski definition) is 9. The molecule has 5 aromatic rings. The SMILES string of the molecule is CC(C)(C)n1c(-c2ccc3c(n2)nc(CN2CCc4cc(C(F)(F)F)c(OCc5ccc(Cl)cc5F)nc4C2)n3C[C@@H]2CCO2)noc1=O. The van der Waals surface area contributed by atoms with Gasteiger partial charge in [0, 0.05) is 35.8 Å². The van der Waals surface area contributed by atoms with E-state index in [1.54, 1.807) is 6.07 Å². The first-order valence-corrected chi connectivity index (χ1v) is 16.1. The maximum absolute atomic E-state index is 14.4. The van der Waals surface area contributed by atoms with Crippen LogP contribution in [0.25, 0.3) is 22.7 Å². The summed E-state index contributed by atoms with van der Waals surface area (Å²) in [6.07, 6.45) is -3.50. The molecule has 1 fully saturated rings. The average molecular weight is 702 g/mol. The van der Waals surface area contributed by atoms with Crippen LogP contribution in [0.4, 0.5) is 17.6 Å². The van der Waals surface area contributed by atoms with Crippen LogP contribution in [0.1, 0.15) is 55.4 Å². The summed E-state index contributed by atoms with van der Waals surface area (Å²) in [5.74, 6) is -0.924. The van der Waals surface area contributed by atoms with Gasteiger partial charge in [-0.2, -0.15) is 13.2 Å². The summed E-state index contributed by atoms with van der Waals surface area (Å²) >= 11 is 5.81. The van der Waals surface area contributed by atoms with Crippen molar-refractivity contribution in [2.75, 3.05) is 13.2 Å². The normalized spacial score (nSPS) is 16.9. The van der Waals surface area contributed by atoms with Gasteiger partial charge in [-0.25, -0.2) is 28.7 Å². The molecular weight excluding hydrogens is 670 g/mol. The monoisotopic (exact) mass is 701 g/mol. The van der Waals surface area contributed by atoms with Gasteiger partial charge in [-0.05, 0) is 69.5 Å². The number of benzene rings is 1. The molecule has 1 atom stereocenters. The maximum Gasteiger partial charge on any atom is 0.442 e. The molecule has 7 rings (SSSR count). The van der Waals surface area contributed by atoms with Crippen molar-refractivity contribution < 1.29 is 31.6 Å². The molecule has 0 spiro atoms. The highest BCUT2D eigenvalue weighted by molar-refractivity contribution is 6.30. The van der Waals surface area contributed by atoms with E-state index in [1.807, 2.05) is 36.3 Å². The predicted octanol–water partition coefficient (Wildman–Crippen LogP) is 6.14. The number of aromatic nitrogens is 6. The lowest BCUT2D eigenvalue weighted by Crippen LogP contribution is -2.34. The molecular formula is C33H32ClF4N7O4. The minimum atomic E-state index is -4.72. The molecule has 0 bridgehead atoms. The molecule has 0 saturated carbocycles. The molecule has 258 valence electrons. The quantitative estimate of drug-likeness (QED) is 0.176. The molecule has 0 aliphatic carbocycles. The van der Waals surface area contributed by atoms with Crippen LogP contribution in [0.5, 0.6) is 5.88 Å². The number of fused-ring (bicyclic) bond motifs is 2. The van der Waals surface area contributed by atoms with Gasteiger partial charge in [0.1, 0.15) is 29.5 Å². The van der Waals surface area contributed by atoms with Gasteiger partial charge in [0.15, 0.2) is 5.65 Å². The van der Waals surface area contributed by atoms with Crippen molar-refractivity contribution in [1.29, 1.82) is 0 Å². The van der Waals surface area contributed by atoms with Gasteiger partial charge in [0.25, 0.3) is 0 Å². The van der Waals surface area contributed by atoms with Gasteiger partial charge in [-0.3, -0.25) is 9.42 Å². The van der Waals surface area contributed by atoms with Crippen LogP contribution in [-0.2, 0) is 49.1 Å². The maximum atomic E-state index is 14.4. The van der Waals surface area contributed by atoms with Gasteiger partial charge in [0.2, 0.25) is 11.7 Å². The number of rotatable bonds is 8. The Kier molecular flexibility index (Phi) is 8.48. The molecule has 1 aromatic carbocycles. The molecule has 0 N–H and O–H groups in total. The van der Waals surface area contributed by atoms with Gasteiger partial charge < -0.3 is 14.0 Å². The molecule has 11 nitrogen and oxygen atoms in total. The van der Waals surface area contributed by atoms with Gasteiger partial charge in [0.05, 0.1) is 30.4 Å². The molecule has 0 radical (unpaired) electrons. The Morgan fingerprint density at radius 1 is 1.08 bits per heavy atom. The molecule has 2 aliphatic heterocycles. The van der Waals surface area contributed by atoms with Crippen LogP contribution in [0.3, 0.4) is 0 Å². The lowest BCUT2D eigenvalue weighted by atomic mass is 10.0. The fraction of sp³-hybridized carbons (Fsp3) is 0.424.